The fraction of sp³-hybridized carbons (Fsp3) is 0.120. The van der Waals surface area contributed by atoms with Crippen molar-refractivity contribution in [2.75, 3.05) is 13.7 Å². The van der Waals surface area contributed by atoms with E-state index in [1.165, 1.54) is 0 Å². The SMILES string of the molecule is CCOc1cc(C=Nc2cn(-c3ccccc3)nc2-c2ccccc2)ccc1OC. The lowest BCUT2D eigenvalue weighted by Gasteiger charge is -2.09. The maximum atomic E-state index is 5.67. The van der Waals surface area contributed by atoms with Gasteiger partial charge in [0.25, 0.3) is 0 Å². The highest BCUT2D eigenvalue weighted by Crippen LogP contribution is 2.31. The summed E-state index contributed by atoms with van der Waals surface area (Å²) in [4.78, 5) is 4.75. The maximum Gasteiger partial charge on any atom is 0.161 e. The van der Waals surface area contributed by atoms with Crippen LogP contribution < -0.4 is 9.47 Å². The quantitative estimate of drug-likeness (QED) is 0.376. The van der Waals surface area contributed by atoms with Crippen LogP contribution in [0.3, 0.4) is 0 Å². The largest absolute Gasteiger partial charge is 0.493 e. The van der Waals surface area contributed by atoms with E-state index in [1.54, 1.807) is 7.11 Å². The van der Waals surface area contributed by atoms with E-state index in [1.807, 2.05) is 103 Å². The van der Waals surface area contributed by atoms with Crippen LogP contribution in [0.2, 0.25) is 0 Å². The molecule has 0 fully saturated rings. The minimum Gasteiger partial charge on any atom is -0.493 e. The van der Waals surface area contributed by atoms with E-state index in [0.717, 1.165) is 28.2 Å². The first-order chi connectivity index (χ1) is 14.8. The molecular weight excluding hydrogens is 374 g/mol. The summed E-state index contributed by atoms with van der Waals surface area (Å²) < 4.78 is 12.9. The monoisotopic (exact) mass is 397 g/mol. The number of hydrogen-bond donors (Lipinski definition) is 0. The molecule has 3 aromatic carbocycles. The number of methoxy groups -OCH3 is 1. The summed E-state index contributed by atoms with van der Waals surface area (Å²) in [5.41, 5.74) is 4.54. The van der Waals surface area contributed by atoms with Crippen LogP contribution in [-0.4, -0.2) is 29.7 Å². The minimum atomic E-state index is 0.568. The molecule has 0 amide bonds. The van der Waals surface area contributed by atoms with Gasteiger partial charge in [-0.1, -0.05) is 48.5 Å². The van der Waals surface area contributed by atoms with Crippen molar-refractivity contribution >= 4 is 11.9 Å². The predicted molar refractivity (Wildman–Crippen MR) is 120 cm³/mol. The average Bonchev–Trinajstić information content (AvgIpc) is 3.24. The lowest BCUT2D eigenvalue weighted by Crippen LogP contribution is -1.96. The van der Waals surface area contributed by atoms with E-state index in [9.17, 15) is 0 Å². The number of aromatic nitrogens is 2. The fourth-order valence-electron chi connectivity index (χ4n) is 3.16. The van der Waals surface area contributed by atoms with Crippen LogP contribution in [-0.2, 0) is 0 Å². The van der Waals surface area contributed by atoms with Gasteiger partial charge >= 0.3 is 0 Å². The topological polar surface area (TPSA) is 48.6 Å². The standard InChI is InChI=1S/C25H23N3O2/c1-3-30-24-16-19(14-15-23(24)29-2)17-26-22-18-28(21-12-8-5-9-13-21)27-25(22)20-10-6-4-7-11-20/h4-18H,3H2,1-2H3. The van der Waals surface area contributed by atoms with Crippen LogP contribution in [0.1, 0.15) is 12.5 Å². The Hall–Kier alpha value is -3.86. The summed E-state index contributed by atoms with van der Waals surface area (Å²) in [6.07, 6.45) is 3.77. The Balaban J connectivity index is 1.73. The van der Waals surface area contributed by atoms with Crippen LogP contribution in [0.4, 0.5) is 5.69 Å². The molecule has 0 aliphatic heterocycles. The lowest BCUT2D eigenvalue weighted by atomic mass is 10.1. The second-order valence-corrected chi connectivity index (χ2v) is 6.61. The van der Waals surface area contributed by atoms with Crippen molar-refractivity contribution in [2.24, 2.45) is 4.99 Å². The van der Waals surface area contributed by atoms with Gasteiger partial charge in [-0.05, 0) is 42.8 Å². The van der Waals surface area contributed by atoms with Crippen molar-refractivity contribution in [2.45, 2.75) is 6.92 Å². The molecule has 150 valence electrons. The van der Waals surface area contributed by atoms with E-state index < -0.39 is 0 Å². The highest BCUT2D eigenvalue weighted by Gasteiger charge is 2.11. The first-order valence-corrected chi connectivity index (χ1v) is 9.84. The molecule has 5 nitrogen and oxygen atoms in total. The third kappa shape index (κ3) is 4.25. The molecule has 0 aliphatic carbocycles. The highest BCUT2D eigenvalue weighted by molar-refractivity contribution is 5.85. The first-order valence-electron chi connectivity index (χ1n) is 9.84. The van der Waals surface area contributed by atoms with Crippen molar-refractivity contribution in [1.82, 2.24) is 9.78 Å². The second-order valence-electron chi connectivity index (χ2n) is 6.61. The molecule has 0 saturated heterocycles. The van der Waals surface area contributed by atoms with E-state index in [2.05, 4.69) is 0 Å². The van der Waals surface area contributed by atoms with Gasteiger partial charge in [-0.3, -0.25) is 4.99 Å². The van der Waals surface area contributed by atoms with Gasteiger partial charge in [0.05, 0.1) is 25.6 Å². The van der Waals surface area contributed by atoms with E-state index in [0.29, 0.717) is 18.1 Å². The van der Waals surface area contributed by atoms with Crippen molar-refractivity contribution in [3.8, 4) is 28.4 Å². The summed E-state index contributed by atoms with van der Waals surface area (Å²) >= 11 is 0. The third-order valence-corrected chi connectivity index (χ3v) is 4.60. The van der Waals surface area contributed by atoms with Crippen molar-refractivity contribution < 1.29 is 9.47 Å². The number of para-hydroxylation sites is 1. The van der Waals surface area contributed by atoms with Crippen LogP contribution >= 0.6 is 0 Å². The Bertz CT molecular complexity index is 1140. The Morgan fingerprint density at radius 1 is 0.933 bits per heavy atom. The van der Waals surface area contributed by atoms with Gasteiger partial charge in [-0.25, -0.2) is 4.68 Å². The average molecular weight is 397 g/mol. The molecule has 0 bridgehead atoms. The molecule has 4 rings (SSSR count). The van der Waals surface area contributed by atoms with Gasteiger partial charge in [0.1, 0.15) is 11.4 Å². The molecule has 0 radical (unpaired) electrons. The van der Waals surface area contributed by atoms with E-state index >= 15 is 0 Å². The van der Waals surface area contributed by atoms with Gasteiger partial charge in [0.15, 0.2) is 11.5 Å². The summed E-state index contributed by atoms with van der Waals surface area (Å²) in [6, 6.07) is 25.9. The number of rotatable bonds is 7. The van der Waals surface area contributed by atoms with E-state index in [4.69, 9.17) is 19.6 Å². The molecule has 1 aromatic heterocycles. The third-order valence-electron chi connectivity index (χ3n) is 4.60. The van der Waals surface area contributed by atoms with Gasteiger partial charge in [-0.15, -0.1) is 0 Å². The fourth-order valence-corrected chi connectivity index (χ4v) is 3.16. The Labute approximate surface area is 176 Å². The Morgan fingerprint density at radius 3 is 2.37 bits per heavy atom. The molecule has 0 atom stereocenters. The number of nitrogens with zero attached hydrogens (tertiary/aromatic N) is 3. The Kier molecular flexibility index (Phi) is 5.90. The van der Waals surface area contributed by atoms with E-state index in [-0.39, 0.29) is 0 Å². The number of hydrogen-bond acceptors (Lipinski definition) is 4. The van der Waals surface area contributed by atoms with Crippen molar-refractivity contribution in [3.63, 3.8) is 0 Å². The molecular formula is C25H23N3O2. The molecule has 0 unspecified atom stereocenters. The lowest BCUT2D eigenvalue weighted by molar-refractivity contribution is 0.311. The molecule has 30 heavy (non-hydrogen) atoms. The van der Waals surface area contributed by atoms with Crippen molar-refractivity contribution in [3.05, 3.63) is 90.6 Å². The van der Waals surface area contributed by atoms with Crippen LogP contribution in [0.5, 0.6) is 11.5 Å². The summed E-state index contributed by atoms with van der Waals surface area (Å²) in [7, 11) is 1.63. The molecule has 0 N–H and O–H groups in total. The summed E-state index contributed by atoms with van der Waals surface area (Å²) in [5, 5.41) is 4.80. The minimum absolute atomic E-state index is 0.568. The normalized spacial score (nSPS) is 11.0. The summed E-state index contributed by atoms with van der Waals surface area (Å²) in [5.74, 6) is 1.41. The zero-order valence-electron chi connectivity index (χ0n) is 17.0. The first kappa shape index (κ1) is 19.5. The van der Waals surface area contributed by atoms with Gasteiger partial charge in [0, 0.05) is 11.8 Å². The maximum absolute atomic E-state index is 5.67. The smallest absolute Gasteiger partial charge is 0.161 e. The number of aliphatic imine (C=N–C) groups is 1. The number of ether oxygens (including phenoxy) is 2. The second kappa shape index (κ2) is 9.09. The van der Waals surface area contributed by atoms with Crippen LogP contribution in [0, 0.1) is 0 Å². The number of benzene rings is 3. The predicted octanol–water partition coefficient (Wildman–Crippen LogP) is 5.70. The Morgan fingerprint density at radius 2 is 1.67 bits per heavy atom. The summed E-state index contributed by atoms with van der Waals surface area (Å²) in [6.45, 7) is 2.52. The molecule has 4 aromatic rings. The molecule has 0 spiro atoms. The van der Waals surface area contributed by atoms with Gasteiger partial charge in [-0.2, -0.15) is 5.10 Å². The van der Waals surface area contributed by atoms with Gasteiger partial charge in [0.2, 0.25) is 0 Å². The zero-order chi connectivity index (χ0) is 20.8. The highest BCUT2D eigenvalue weighted by atomic mass is 16.5. The van der Waals surface area contributed by atoms with Crippen LogP contribution in [0.15, 0.2) is 90.1 Å². The van der Waals surface area contributed by atoms with Crippen LogP contribution in [0.25, 0.3) is 16.9 Å². The van der Waals surface area contributed by atoms with Crippen molar-refractivity contribution in [1.29, 1.82) is 0 Å². The molecule has 1 heterocycles. The van der Waals surface area contributed by atoms with Gasteiger partial charge < -0.3 is 9.47 Å². The molecule has 0 aliphatic rings. The molecule has 0 saturated carbocycles. The zero-order valence-corrected chi connectivity index (χ0v) is 17.0. The molecule has 5 heteroatoms.